The van der Waals surface area contributed by atoms with Gasteiger partial charge in [0.25, 0.3) is 0 Å². The van der Waals surface area contributed by atoms with Crippen LogP contribution in [0.5, 0.6) is 0 Å². The van der Waals surface area contributed by atoms with Gasteiger partial charge < -0.3 is 4.90 Å². The van der Waals surface area contributed by atoms with Crippen molar-refractivity contribution in [3.63, 3.8) is 0 Å². The highest BCUT2D eigenvalue weighted by Crippen LogP contribution is 2.26. The number of rotatable bonds is 2. The van der Waals surface area contributed by atoms with Gasteiger partial charge in [0.05, 0.1) is 3.57 Å². The van der Waals surface area contributed by atoms with Gasteiger partial charge in [0.15, 0.2) is 0 Å². The topological polar surface area (TPSA) is 32.3 Å². The molecule has 98 valence electrons. The highest BCUT2D eigenvalue weighted by molar-refractivity contribution is 14.1. The Hall–Kier alpha value is -0.430. The van der Waals surface area contributed by atoms with Crippen molar-refractivity contribution in [1.82, 2.24) is 14.9 Å². The van der Waals surface area contributed by atoms with E-state index in [1.165, 1.54) is 38.8 Å². The van der Waals surface area contributed by atoms with Gasteiger partial charge in [-0.1, -0.05) is 6.42 Å². The molecule has 2 aliphatic heterocycles. The van der Waals surface area contributed by atoms with Gasteiger partial charge in [-0.25, -0.2) is 9.97 Å². The Labute approximate surface area is 122 Å². The van der Waals surface area contributed by atoms with E-state index in [0.29, 0.717) is 0 Å². The summed E-state index contributed by atoms with van der Waals surface area (Å²) >= 11 is 2.33. The van der Waals surface area contributed by atoms with Crippen molar-refractivity contribution in [2.75, 3.05) is 31.1 Å². The molecule has 0 radical (unpaired) electrons. The van der Waals surface area contributed by atoms with E-state index in [9.17, 15) is 0 Å². The number of likely N-dealkylation sites (tertiary alicyclic amines) is 1. The van der Waals surface area contributed by atoms with Crippen molar-refractivity contribution < 1.29 is 0 Å². The Balaban J connectivity index is 1.66. The van der Waals surface area contributed by atoms with Gasteiger partial charge >= 0.3 is 0 Å². The second-order valence-corrected chi connectivity index (χ2v) is 6.34. The fraction of sp³-hybridized carbons (Fsp3) is 0.692. The largest absolute Gasteiger partial charge is 0.354 e. The quantitative estimate of drug-likeness (QED) is 0.759. The molecule has 0 spiro atoms. The summed E-state index contributed by atoms with van der Waals surface area (Å²) in [5.41, 5.74) is 0. The van der Waals surface area contributed by atoms with Crippen LogP contribution >= 0.6 is 22.6 Å². The zero-order chi connectivity index (χ0) is 12.4. The van der Waals surface area contributed by atoms with Crippen molar-refractivity contribution in [3.8, 4) is 0 Å². The van der Waals surface area contributed by atoms with E-state index in [2.05, 4.69) is 42.4 Å². The second-order valence-electron chi connectivity index (χ2n) is 5.18. The minimum atomic E-state index is 0.732. The molecule has 0 aromatic carbocycles. The number of halogens is 1. The summed E-state index contributed by atoms with van der Waals surface area (Å²) in [6, 6.07) is 0.732. The molecule has 1 aromatic heterocycles. The van der Waals surface area contributed by atoms with Crippen LogP contribution in [0.1, 0.15) is 25.7 Å². The van der Waals surface area contributed by atoms with Crippen LogP contribution in [-0.4, -0.2) is 47.1 Å². The van der Waals surface area contributed by atoms with Crippen LogP contribution < -0.4 is 4.90 Å². The van der Waals surface area contributed by atoms with Gasteiger partial charge in [0.2, 0.25) is 0 Å². The maximum atomic E-state index is 4.43. The first-order valence-corrected chi connectivity index (χ1v) is 7.87. The van der Waals surface area contributed by atoms with E-state index in [-0.39, 0.29) is 0 Å². The lowest BCUT2D eigenvalue weighted by atomic mass is 10.1. The van der Waals surface area contributed by atoms with Crippen molar-refractivity contribution >= 4 is 28.4 Å². The molecule has 0 bridgehead atoms. The molecule has 0 aliphatic carbocycles. The van der Waals surface area contributed by atoms with Crippen LogP contribution in [0.3, 0.4) is 0 Å². The van der Waals surface area contributed by atoms with E-state index in [1.54, 1.807) is 6.33 Å². The molecule has 0 amide bonds. The Morgan fingerprint density at radius 1 is 1.17 bits per heavy atom. The molecule has 2 aliphatic rings. The van der Waals surface area contributed by atoms with E-state index < -0.39 is 0 Å². The molecule has 1 unspecified atom stereocenters. The number of nitrogens with zero attached hydrogens (tertiary/aromatic N) is 4. The first-order valence-electron chi connectivity index (χ1n) is 6.79. The Morgan fingerprint density at radius 2 is 2.00 bits per heavy atom. The fourth-order valence-corrected chi connectivity index (χ4v) is 3.70. The average molecular weight is 358 g/mol. The van der Waals surface area contributed by atoms with Crippen LogP contribution in [0.15, 0.2) is 12.5 Å². The lowest BCUT2D eigenvalue weighted by Gasteiger charge is -2.32. The molecule has 2 saturated heterocycles. The maximum Gasteiger partial charge on any atom is 0.145 e. The number of hydrogen-bond acceptors (Lipinski definition) is 4. The SMILES string of the molecule is Ic1cncnc1N1CCC(N2CCCCC2)C1. The van der Waals surface area contributed by atoms with Crippen molar-refractivity contribution in [1.29, 1.82) is 0 Å². The van der Waals surface area contributed by atoms with Crippen LogP contribution in [0, 0.1) is 3.57 Å². The molecule has 18 heavy (non-hydrogen) atoms. The third-order valence-corrected chi connectivity index (χ3v) is 4.78. The third-order valence-electron chi connectivity index (χ3n) is 4.02. The molecule has 2 fully saturated rings. The first kappa shape index (κ1) is 12.6. The number of piperidine rings is 1. The van der Waals surface area contributed by atoms with E-state index in [1.807, 2.05) is 6.20 Å². The normalized spacial score (nSPS) is 25.6. The smallest absolute Gasteiger partial charge is 0.145 e. The predicted octanol–water partition coefficient (Wildman–Crippen LogP) is 2.15. The van der Waals surface area contributed by atoms with Gasteiger partial charge in [-0.2, -0.15) is 0 Å². The van der Waals surface area contributed by atoms with E-state index in [4.69, 9.17) is 0 Å². The van der Waals surface area contributed by atoms with Gasteiger partial charge in [-0.3, -0.25) is 4.90 Å². The highest BCUT2D eigenvalue weighted by atomic mass is 127. The fourth-order valence-electron chi connectivity index (χ4n) is 3.05. The minimum absolute atomic E-state index is 0.732. The Kier molecular flexibility index (Phi) is 3.98. The molecule has 3 rings (SSSR count). The molecular formula is C13H19IN4. The van der Waals surface area contributed by atoms with Gasteiger partial charge in [0, 0.05) is 25.3 Å². The van der Waals surface area contributed by atoms with Crippen LogP contribution in [0.4, 0.5) is 5.82 Å². The minimum Gasteiger partial charge on any atom is -0.354 e. The molecular weight excluding hydrogens is 339 g/mol. The standard InChI is InChI=1S/C13H19IN4/c14-12-8-15-10-16-13(12)18-7-4-11(9-18)17-5-2-1-3-6-17/h8,10-11H,1-7,9H2. The molecule has 3 heterocycles. The van der Waals surface area contributed by atoms with Gasteiger partial charge in [-0.15, -0.1) is 0 Å². The zero-order valence-electron chi connectivity index (χ0n) is 10.6. The second kappa shape index (κ2) is 5.69. The van der Waals surface area contributed by atoms with Crippen LogP contribution in [0.25, 0.3) is 0 Å². The van der Waals surface area contributed by atoms with Gasteiger partial charge in [-0.05, 0) is 54.9 Å². The summed E-state index contributed by atoms with van der Waals surface area (Å²) in [6.07, 6.45) is 9.00. The van der Waals surface area contributed by atoms with Crippen LogP contribution in [0.2, 0.25) is 0 Å². The first-order chi connectivity index (χ1) is 8.84. The zero-order valence-corrected chi connectivity index (χ0v) is 12.7. The van der Waals surface area contributed by atoms with Crippen molar-refractivity contribution in [2.24, 2.45) is 0 Å². The highest BCUT2D eigenvalue weighted by Gasteiger charge is 2.29. The summed E-state index contributed by atoms with van der Waals surface area (Å²) in [5, 5.41) is 0. The summed E-state index contributed by atoms with van der Waals surface area (Å²) in [4.78, 5) is 13.6. The average Bonchev–Trinajstić information content (AvgIpc) is 2.90. The monoisotopic (exact) mass is 358 g/mol. The summed E-state index contributed by atoms with van der Waals surface area (Å²) < 4.78 is 1.16. The maximum absolute atomic E-state index is 4.43. The van der Waals surface area contributed by atoms with Crippen molar-refractivity contribution in [2.45, 2.75) is 31.7 Å². The third kappa shape index (κ3) is 2.61. The lowest BCUT2D eigenvalue weighted by molar-refractivity contribution is 0.175. The predicted molar refractivity (Wildman–Crippen MR) is 80.8 cm³/mol. The number of aromatic nitrogens is 2. The Bertz CT molecular complexity index is 406. The number of hydrogen-bond donors (Lipinski definition) is 0. The Morgan fingerprint density at radius 3 is 2.78 bits per heavy atom. The molecule has 0 N–H and O–H groups in total. The molecule has 4 nitrogen and oxygen atoms in total. The van der Waals surface area contributed by atoms with Gasteiger partial charge in [0.1, 0.15) is 12.1 Å². The summed E-state index contributed by atoms with van der Waals surface area (Å²) in [5.74, 6) is 1.12. The van der Waals surface area contributed by atoms with Crippen molar-refractivity contribution in [3.05, 3.63) is 16.1 Å². The van der Waals surface area contributed by atoms with E-state index in [0.717, 1.165) is 28.5 Å². The van der Waals surface area contributed by atoms with E-state index >= 15 is 0 Å². The lowest BCUT2D eigenvalue weighted by Crippen LogP contribution is -2.41. The van der Waals surface area contributed by atoms with Crippen LogP contribution in [-0.2, 0) is 0 Å². The summed E-state index contributed by atoms with van der Waals surface area (Å²) in [6.45, 7) is 4.85. The molecule has 1 atom stereocenters. The number of anilines is 1. The molecule has 1 aromatic rings. The summed E-state index contributed by atoms with van der Waals surface area (Å²) in [7, 11) is 0. The molecule has 0 saturated carbocycles. The molecule has 5 heteroatoms.